The smallest absolute Gasteiger partial charge is 0.444 e. The van der Waals surface area contributed by atoms with Gasteiger partial charge in [0.25, 0.3) is 0 Å². The van der Waals surface area contributed by atoms with Gasteiger partial charge in [-0.3, -0.25) is 0 Å². The molecule has 0 saturated heterocycles. The summed E-state index contributed by atoms with van der Waals surface area (Å²) in [4.78, 5) is 13.5. The normalized spacial score (nSPS) is 15.4. The van der Waals surface area contributed by atoms with Crippen LogP contribution in [-0.2, 0) is 11.3 Å². The van der Waals surface area contributed by atoms with Gasteiger partial charge in [-0.15, -0.1) is 0 Å². The van der Waals surface area contributed by atoms with Crippen LogP contribution in [0.3, 0.4) is 0 Å². The molecule has 0 unspecified atom stereocenters. The number of benzene rings is 1. The molecule has 1 aromatic rings. The Morgan fingerprint density at radius 2 is 0.941 bits per heavy atom. The van der Waals surface area contributed by atoms with Crippen LogP contribution in [0.15, 0.2) is 30.3 Å². The summed E-state index contributed by atoms with van der Waals surface area (Å²) < 4.78 is 290. The molecule has 0 aliphatic heterocycles. The summed E-state index contributed by atoms with van der Waals surface area (Å²) in [5.41, 5.74) is -1.46. The first-order chi connectivity index (χ1) is 22.2. The molecule has 0 radical (unpaired) electrons. The van der Waals surface area contributed by atoms with E-state index >= 15 is 0 Å². The van der Waals surface area contributed by atoms with Crippen LogP contribution in [0.5, 0.6) is 0 Å². The third-order valence-corrected chi connectivity index (χ3v) is 6.52. The maximum absolute atomic E-state index is 14.2. The van der Waals surface area contributed by atoms with E-state index in [0.717, 1.165) is 29.2 Å². The van der Waals surface area contributed by atoms with Crippen molar-refractivity contribution in [3.05, 3.63) is 41.5 Å². The van der Waals surface area contributed by atoms with Gasteiger partial charge >= 0.3 is 65.6 Å². The summed E-state index contributed by atoms with van der Waals surface area (Å²) in [5.74, 6) is -77.5. The number of carbonyl (C=O) groups excluding carboxylic acids is 1. The van der Waals surface area contributed by atoms with Crippen LogP contribution in [0.25, 0.3) is 6.08 Å². The van der Waals surface area contributed by atoms with Crippen LogP contribution in [0, 0.1) is 0 Å². The molecule has 0 aliphatic carbocycles. The van der Waals surface area contributed by atoms with Gasteiger partial charge in [0.2, 0.25) is 0 Å². The average Bonchev–Trinajstić information content (AvgIpc) is 2.94. The van der Waals surface area contributed by atoms with Gasteiger partial charge in [0.15, 0.2) is 0 Å². The molecule has 0 aromatic heterocycles. The van der Waals surface area contributed by atoms with E-state index < -0.39 is 82.8 Å². The van der Waals surface area contributed by atoms with E-state index in [0.29, 0.717) is 6.42 Å². The number of hydrogen-bond donors (Lipinski definition) is 0. The van der Waals surface area contributed by atoms with Gasteiger partial charge in [0, 0.05) is 13.1 Å². The minimum atomic E-state index is -9.22. The molecule has 51 heavy (non-hydrogen) atoms. The highest BCUT2D eigenvalue weighted by Crippen LogP contribution is 2.66. The summed E-state index contributed by atoms with van der Waals surface area (Å²) >= 11 is 0. The molecule has 0 N–H and O–H groups in total. The Morgan fingerprint density at radius 3 is 1.27 bits per heavy atom. The number of hydrogen-bond acceptors (Lipinski definition) is 2. The van der Waals surface area contributed by atoms with E-state index in [1.165, 1.54) is 20.8 Å². The molecule has 0 atom stereocenters. The van der Waals surface area contributed by atoms with Gasteiger partial charge in [0.05, 0.1) is 0 Å². The molecule has 1 rings (SSSR count). The first-order valence-corrected chi connectivity index (χ1v) is 13.5. The van der Waals surface area contributed by atoms with Crippen molar-refractivity contribution >= 4 is 12.2 Å². The summed E-state index contributed by atoms with van der Waals surface area (Å²) in [7, 11) is 0. The van der Waals surface area contributed by atoms with Crippen LogP contribution in [0.4, 0.5) is 97.0 Å². The zero-order valence-electron chi connectivity index (χ0n) is 25.8. The Hall–Kier alpha value is -3.24. The van der Waals surface area contributed by atoms with E-state index in [1.54, 1.807) is 6.92 Å². The molecule has 0 saturated carbocycles. The summed E-state index contributed by atoms with van der Waals surface area (Å²) in [6.07, 6.45) is -10.1. The lowest BCUT2D eigenvalue weighted by Gasteiger charge is -2.44. The monoisotopic (exact) mass is 793 g/mol. The number of halogens is 21. The maximum atomic E-state index is 14.2. The largest absolute Gasteiger partial charge is 0.460 e. The molecule has 3 nitrogen and oxygen atoms in total. The Balaban J connectivity index is 3.52. The summed E-state index contributed by atoms with van der Waals surface area (Å²) in [5, 5.41) is 0. The molecule has 0 fully saturated rings. The van der Waals surface area contributed by atoms with Crippen molar-refractivity contribution in [2.45, 2.75) is 106 Å². The van der Waals surface area contributed by atoms with E-state index in [2.05, 4.69) is 0 Å². The average molecular weight is 793 g/mol. The van der Waals surface area contributed by atoms with Crippen molar-refractivity contribution in [2.75, 3.05) is 6.54 Å². The predicted octanol–water partition coefficient (Wildman–Crippen LogP) is 11.1. The van der Waals surface area contributed by atoms with Crippen molar-refractivity contribution in [3.8, 4) is 0 Å². The van der Waals surface area contributed by atoms with E-state index in [4.69, 9.17) is 4.74 Å². The molecule has 24 heteroatoms. The fourth-order valence-electron chi connectivity index (χ4n) is 3.66. The quantitative estimate of drug-likeness (QED) is 0.176. The van der Waals surface area contributed by atoms with Crippen molar-refractivity contribution in [1.82, 2.24) is 4.90 Å². The van der Waals surface area contributed by atoms with E-state index in [9.17, 15) is 97.0 Å². The third kappa shape index (κ3) is 7.78. The molecular weight excluding hydrogens is 769 g/mol. The maximum Gasteiger partial charge on any atom is 0.460 e. The first-order valence-electron chi connectivity index (χ1n) is 13.5. The summed E-state index contributed by atoms with van der Waals surface area (Å²) in [6.45, 7) is 6.10. The van der Waals surface area contributed by atoms with Crippen LogP contribution >= 0.6 is 0 Å². The van der Waals surface area contributed by atoms with Crippen LogP contribution in [-0.4, -0.2) is 82.6 Å². The van der Waals surface area contributed by atoms with Gasteiger partial charge in [-0.25, -0.2) is 4.79 Å². The number of ether oxygens (including phenoxy) is 1. The van der Waals surface area contributed by atoms with Gasteiger partial charge in [-0.2, -0.15) is 92.2 Å². The van der Waals surface area contributed by atoms with Crippen molar-refractivity contribution < 1.29 is 102 Å². The van der Waals surface area contributed by atoms with Crippen LogP contribution < -0.4 is 0 Å². The minimum Gasteiger partial charge on any atom is -0.444 e. The Bertz CT molecular complexity index is 1390. The number of amides is 1. The fourth-order valence-corrected chi connectivity index (χ4v) is 3.66. The molecule has 1 aromatic carbocycles. The predicted molar refractivity (Wildman–Crippen MR) is 133 cm³/mol. The van der Waals surface area contributed by atoms with Crippen molar-refractivity contribution in [2.24, 2.45) is 0 Å². The van der Waals surface area contributed by atoms with Gasteiger partial charge in [0.1, 0.15) is 5.60 Å². The fraction of sp³-hybridized carbons (Fsp3) is 0.667. The van der Waals surface area contributed by atoms with Gasteiger partial charge < -0.3 is 9.64 Å². The number of alkyl halides is 21. The second-order valence-electron chi connectivity index (χ2n) is 11.7. The lowest BCUT2D eigenvalue weighted by Crippen LogP contribution is -2.76. The van der Waals surface area contributed by atoms with E-state index in [1.807, 2.05) is 0 Å². The Kier molecular flexibility index (Phi) is 12.2. The third-order valence-electron chi connectivity index (χ3n) is 6.52. The molecule has 296 valence electrons. The van der Waals surface area contributed by atoms with Crippen LogP contribution in [0.2, 0.25) is 0 Å². The lowest BCUT2D eigenvalue weighted by atomic mass is 9.86. The highest BCUT2D eigenvalue weighted by Gasteiger charge is 2.97. The zero-order chi connectivity index (χ0) is 40.9. The summed E-state index contributed by atoms with van der Waals surface area (Å²) in [6, 6.07) is 3.51. The molecule has 0 bridgehead atoms. The minimum absolute atomic E-state index is 0.0990. The zero-order valence-corrected chi connectivity index (χ0v) is 25.8. The van der Waals surface area contributed by atoms with Crippen molar-refractivity contribution in [3.63, 3.8) is 0 Å². The second kappa shape index (κ2) is 13.6. The van der Waals surface area contributed by atoms with Gasteiger partial charge in [-0.05, 0) is 44.4 Å². The Labute approximate surface area is 273 Å². The topological polar surface area (TPSA) is 29.5 Å². The van der Waals surface area contributed by atoms with E-state index in [-0.39, 0.29) is 24.7 Å². The number of nitrogens with zero attached hydrogens (tertiary/aromatic N) is 1. The molecule has 0 heterocycles. The SMILES string of the molecule is CCCN(Cc1ccc(/C=C/C(F)(F)C(F)(F)C(F)(F)C(F)(F)C(F)(F)C(F)(F)C(F)(F)C(F)(F)C(F)(F)C(F)(F)F)cc1)C(=O)OC(C)(C)C. The number of carbonyl (C=O) groups is 1. The number of allylic oxidation sites excluding steroid dienone is 1. The Morgan fingerprint density at radius 1 is 0.588 bits per heavy atom. The molecule has 0 aliphatic rings. The van der Waals surface area contributed by atoms with Gasteiger partial charge in [-0.1, -0.05) is 37.3 Å². The molecule has 0 spiro atoms. The first kappa shape index (κ1) is 45.8. The highest BCUT2D eigenvalue weighted by atomic mass is 19.4. The molecular formula is C27H24F21NO2. The highest BCUT2D eigenvalue weighted by molar-refractivity contribution is 5.68. The number of rotatable bonds is 14. The van der Waals surface area contributed by atoms with Crippen LogP contribution in [0.1, 0.15) is 45.2 Å². The second-order valence-corrected chi connectivity index (χ2v) is 11.7. The lowest BCUT2D eigenvalue weighted by molar-refractivity contribution is -0.473. The molecule has 1 amide bonds. The van der Waals surface area contributed by atoms with Crippen molar-refractivity contribution in [1.29, 1.82) is 0 Å². The standard InChI is InChI=1S/C27H24F21NO2/c1-5-12-49(16(50)51-17(2,3)4)13-15-8-6-14(7-9-15)10-11-18(28,29)19(30,31)20(32,33)21(34,35)22(36,37)23(38,39)24(40,41)25(42,43)26(44,45)27(46,47)48/h6-11H,5,12-13H2,1-4H3/b11-10+.